The second-order valence-corrected chi connectivity index (χ2v) is 6.96. The van der Waals surface area contributed by atoms with Crippen LogP contribution in [0.15, 0.2) is 49.1 Å². The Morgan fingerprint density at radius 3 is 2.27 bits per heavy atom. The molecule has 2 aliphatic heterocycles. The van der Waals surface area contributed by atoms with Crippen LogP contribution in [0, 0.1) is 0 Å². The summed E-state index contributed by atoms with van der Waals surface area (Å²) in [6, 6.07) is 8.49. The van der Waals surface area contributed by atoms with Gasteiger partial charge in [-0.25, -0.2) is 0 Å². The molecule has 2 aromatic heterocycles. The molecule has 0 saturated carbocycles. The number of methoxy groups -OCH3 is 1. The molecular formula is C20H24N4O2. The maximum atomic E-state index is 12.6. The van der Waals surface area contributed by atoms with E-state index in [9.17, 15) is 4.79 Å². The Labute approximate surface area is 153 Å². The first kappa shape index (κ1) is 17.1. The van der Waals surface area contributed by atoms with Crippen LogP contribution in [0.5, 0.6) is 0 Å². The molecule has 0 N–H and O–H groups in total. The molecule has 0 spiro atoms. The lowest BCUT2D eigenvalue weighted by molar-refractivity contribution is -0.115. The number of hydrogen-bond donors (Lipinski definition) is 0. The summed E-state index contributed by atoms with van der Waals surface area (Å²) in [5.41, 5.74) is 1.98. The number of aromatic nitrogens is 2. The van der Waals surface area contributed by atoms with E-state index in [0.717, 1.165) is 38.0 Å². The second kappa shape index (κ2) is 7.51. The van der Waals surface area contributed by atoms with Gasteiger partial charge in [0.2, 0.25) is 0 Å². The van der Waals surface area contributed by atoms with Crippen LogP contribution < -0.4 is 0 Å². The summed E-state index contributed by atoms with van der Waals surface area (Å²) in [4.78, 5) is 25.2. The molecule has 0 radical (unpaired) electrons. The molecule has 0 unspecified atom stereocenters. The SMILES string of the molecule is CO[C@H]1CN(C2CCN(C(=O)c3ccncc3)CC2)[C@H]1c1ccncc1. The predicted molar refractivity (Wildman–Crippen MR) is 97.6 cm³/mol. The van der Waals surface area contributed by atoms with E-state index in [4.69, 9.17) is 4.74 Å². The minimum absolute atomic E-state index is 0.106. The number of likely N-dealkylation sites (tertiary alicyclic amines) is 2. The highest BCUT2D eigenvalue weighted by atomic mass is 16.5. The summed E-state index contributed by atoms with van der Waals surface area (Å²) in [6.45, 7) is 2.54. The third-order valence-corrected chi connectivity index (χ3v) is 5.60. The molecule has 6 heteroatoms. The first-order valence-corrected chi connectivity index (χ1v) is 9.15. The Balaban J connectivity index is 1.39. The molecule has 0 bridgehead atoms. The molecule has 2 saturated heterocycles. The number of ether oxygens (including phenoxy) is 1. The monoisotopic (exact) mass is 352 g/mol. The molecule has 2 aliphatic rings. The fraction of sp³-hybridized carbons (Fsp3) is 0.450. The van der Waals surface area contributed by atoms with Crippen LogP contribution in [-0.2, 0) is 4.74 Å². The molecule has 4 heterocycles. The van der Waals surface area contributed by atoms with E-state index < -0.39 is 0 Å². The van der Waals surface area contributed by atoms with Gasteiger partial charge in [0.1, 0.15) is 0 Å². The maximum absolute atomic E-state index is 12.6. The number of hydrogen-bond acceptors (Lipinski definition) is 5. The zero-order valence-electron chi connectivity index (χ0n) is 15.0. The molecule has 26 heavy (non-hydrogen) atoms. The molecule has 136 valence electrons. The lowest BCUT2D eigenvalue weighted by Crippen LogP contribution is -2.60. The van der Waals surface area contributed by atoms with Crippen molar-refractivity contribution in [1.29, 1.82) is 0 Å². The van der Waals surface area contributed by atoms with Crippen LogP contribution in [0.1, 0.15) is 34.8 Å². The molecule has 6 nitrogen and oxygen atoms in total. The molecule has 0 aliphatic carbocycles. The summed E-state index contributed by atoms with van der Waals surface area (Å²) in [5, 5.41) is 0. The smallest absolute Gasteiger partial charge is 0.253 e. The first-order valence-electron chi connectivity index (χ1n) is 9.15. The maximum Gasteiger partial charge on any atom is 0.253 e. The number of carbonyl (C=O) groups excluding carboxylic acids is 1. The highest BCUT2D eigenvalue weighted by Crippen LogP contribution is 2.39. The normalized spacial score (nSPS) is 24.3. The fourth-order valence-corrected chi connectivity index (χ4v) is 4.12. The summed E-state index contributed by atoms with van der Waals surface area (Å²) in [7, 11) is 1.78. The van der Waals surface area contributed by atoms with E-state index >= 15 is 0 Å². The minimum atomic E-state index is 0.106. The van der Waals surface area contributed by atoms with Crippen molar-refractivity contribution in [2.45, 2.75) is 31.0 Å². The third-order valence-electron chi connectivity index (χ3n) is 5.60. The number of amides is 1. The first-order chi connectivity index (χ1) is 12.8. The zero-order chi connectivity index (χ0) is 17.9. The van der Waals surface area contributed by atoms with E-state index in [0.29, 0.717) is 6.04 Å². The average molecular weight is 352 g/mol. The highest BCUT2D eigenvalue weighted by molar-refractivity contribution is 5.94. The lowest BCUT2D eigenvalue weighted by atomic mass is 9.87. The van der Waals surface area contributed by atoms with Crippen LogP contribution in [0.25, 0.3) is 0 Å². The third kappa shape index (κ3) is 3.22. The van der Waals surface area contributed by atoms with Crippen molar-refractivity contribution >= 4 is 5.91 Å². The number of rotatable bonds is 4. The van der Waals surface area contributed by atoms with Crippen LogP contribution in [-0.4, -0.2) is 64.6 Å². The van der Waals surface area contributed by atoms with Crippen molar-refractivity contribution in [2.75, 3.05) is 26.7 Å². The Bertz CT molecular complexity index is 732. The largest absolute Gasteiger partial charge is 0.378 e. The molecule has 0 aromatic carbocycles. The van der Waals surface area contributed by atoms with Crippen molar-refractivity contribution in [1.82, 2.24) is 19.8 Å². The highest BCUT2D eigenvalue weighted by Gasteiger charge is 2.44. The second-order valence-electron chi connectivity index (χ2n) is 6.96. The van der Waals surface area contributed by atoms with E-state index in [1.165, 1.54) is 5.56 Å². The molecule has 1 amide bonds. The van der Waals surface area contributed by atoms with Gasteiger partial charge in [-0.3, -0.25) is 19.7 Å². The van der Waals surface area contributed by atoms with Gasteiger partial charge in [-0.1, -0.05) is 0 Å². The summed E-state index contributed by atoms with van der Waals surface area (Å²) in [6.07, 6.45) is 9.25. The van der Waals surface area contributed by atoms with Crippen molar-refractivity contribution in [2.24, 2.45) is 0 Å². The number of pyridine rings is 2. The quantitative estimate of drug-likeness (QED) is 0.844. The minimum Gasteiger partial charge on any atom is -0.378 e. The van der Waals surface area contributed by atoms with Gasteiger partial charge < -0.3 is 9.64 Å². The van der Waals surface area contributed by atoms with Crippen molar-refractivity contribution in [3.63, 3.8) is 0 Å². The van der Waals surface area contributed by atoms with Gasteiger partial charge in [0.05, 0.1) is 12.1 Å². The molecule has 2 fully saturated rings. The van der Waals surface area contributed by atoms with Crippen LogP contribution >= 0.6 is 0 Å². The Hall–Kier alpha value is -2.31. The number of carbonyl (C=O) groups is 1. The molecule has 4 rings (SSSR count). The van der Waals surface area contributed by atoms with Gasteiger partial charge in [0, 0.05) is 63.1 Å². The predicted octanol–water partition coefficient (Wildman–Crippen LogP) is 2.15. The Morgan fingerprint density at radius 1 is 1.04 bits per heavy atom. The number of nitrogens with zero attached hydrogens (tertiary/aromatic N) is 4. The Kier molecular flexibility index (Phi) is 4.95. The van der Waals surface area contributed by atoms with E-state index in [1.807, 2.05) is 17.3 Å². The van der Waals surface area contributed by atoms with Gasteiger partial charge >= 0.3 is 0 Å². The van der Waals surface area contributed by atoms with Crippen LogP contribution in [0.4, 0.5) is 0 Å². The lowest BCUT2D eigenvalue weighted by Gasteiger charge is -2.53. The number of piperidine rings is 1. The molecule has 2 aromatic rings. The van der Waals surface area contributed by atoms with Crippen LogP contribution in [0.2, 0.25) is 0 Å². The topological polar surface area (TPSA) is 58.6 Å². The average Bonchev–Trinajstić information content (AvgIpc) is 2.69. The fourth-order valence-electron chi connectivity index (χ4n) is 4.12. The van der Waals surface area contributed by atoms with Gasteiger partial charge in [-0.05, 0) is 42.7 Å². The van der Waals surface area contributed by atoms with E-state index in [1.54, 1.807) is 31.6 Å². The summed E-state index contributed by atoms with van der Waals surface area (Å²) >= 11 is 0. The Morgan fingerprint density at radius 2 is 1.65 bits per heavy atom. The van der Waals surface area contributed by atoms with E-state index in [2.05, 4.69) is 27.0 Å². The zero-order valence-corrected chi connectivity index (χ0v) is 15.0. The van der Waals surface area contributed by atoms with Crippen molar-refractivity contribution in [3.05, 3.63) is 60.2 Å². The van der Waals surface area contributed by atoms with Crippen LogP contribution in [0.3, 0.4) is 0 Å². The molecule has 2 atom stereocenters. The van der Waals surface area contributed by atoms with Gasteiger partial charge in [-0.2, -0.15) is 0 Å². The van der Waals surface area contributed by atoms with Crippen molar-refractivity contribution < 1.29 is 9.53 Å². The van der Waals surface area contributed by atoms with E-state index in [-0.39, 0.29) is 18.1 Å². The summed E-state index contributed by atoms with van der Waals surface area (Å²) in [5.74, 6) is 0.106. The standard InChI is InChI=1S/C20H24N4O2/c1-26-18-14-24(19(18)15-2-8-21-9-3-15)17-6-12-23(13-7-17)20(25)16-4-10-22-11-5-16/h2-5,8-11,17-19H,6-7,12-14H2,1H3/t18-,19-/m0/s1. The van der Waals surface area contributed by atoms with Gasteiger partial charge in [-0.15, -0.1) is 0 Å². The summed E-state index contributed by atoms with van der Waals surface area (Å²) < 4.78 is 5.66. The molecular weight excluding hydrogens is 328 g/mol. The van der Waals surface area contributed by atoms with Crippen molar-refractivity contribution in [3.8, 4) is 0 Å². The van der Waals surface area contributed by atoms with Gasteiger partial charge in [0.15, 0.2) is 0 Å². The van der Waals surface area contributed by atoms with Gasteiger partial charge in [0.25, 0.3) is 5.91 Å².